The van der Waals surface area contributed by atoms with E-state index < -0.39 is 0 Å². The zero-order valence-corrected chi connectivity index (χ0v) is 7.06. The smallest absolute Gasteiger partial charge is 0.0501 e. The van der Waals surface area contributed by atoms with Gasteiger partial charge in [-0.1, -0.05) is 13.5 Å². The van der Waals surface area contributed by atoms with Crippen LogP contribution in [0.4, 0.5) is 0 Å². The minimum Gasteiger partial charge on any atom is -0.397 e. The van der Waals surface area contributed by atoms with Crippen LogP contribution in [-0.2, 0) is 0 Å². The first-order valence-electron chi connectivity index (χ1n) is 4.09. The molecule has 0 spiro atoms. The van der Waals surface area contributed by atoms with Gasteiger partial charge < -0.3 is 11.1 Å². The molecule has 0 aromatic rings. The van der Waals surface area contributed by atoms with Gasteiger partial charge in [-0.05, 0) is 24.8 Å². The molecule has 11 heavy (non-hydrogen) atoms. The fourth-order valence-electron chi connectivity index (χ4n) is 1.34. The van der Waals surface area contributed by atoms with Crippen molar-refractivity contribution in [3.8, 4) is 0 Å². The highest BCUT2D eigenvalue weighted by Crippen LogP contribution is 2.18. The topological polar surface area (TPSA) is 38.0 Å². The van der Waals surface area contributed by atoms with Gasteiger partial charge in [0.2, 0.25) is 0 Å². The first-order valence-corrected chi connectivity index (χ1v) is 4.09. The predicted molar refractivity (Wildman–Crippen MR) is 47.8 cm³/mol. The van der Waals surface area contributed by atoms with E-state index >= 15 is 0 Å². The number of hydrogen-bond donors (Lipinski definition) is 2. The highest BCUT2D eigenvalue weighted by atomic mass is 14.9. The van der Waals surface area contributed by atoms with Crippen molar-refractivity contribution in [3.63, 3.8) is 0 Å². The molecule has 0 aliphatic carbocycles. The molecule has 0 amide bonds. The van der Waals surface area contributed by atoms with E-state index in [0.717, 1.165) is 24.6 Å². The molecule has 0 saturated carbocycles. The second-order valence-corrected chi connectivity index (χ2v) is 3.16. The Morgan fingerprint density at radius 2 is 2.55 bits per heavy atom. The molecular weight excluding hydrogens is 136 g/mol. The number of nitrogens with one attached hydrogen (secondary N) is 1. The Morgan fingerprint density at radius 1 is 1.82 bits per heavy atom. The molecular formula is C9H16N2. The molecule has 1 saturated heterocycles. The van der Waals surface area contributed by atoms with Crippen LogP contribution in [0.2, 0.25) is 0 Å². The van der Waals surface area contributed by atoms with Gasteiger partial charge in [0, 0.05) is 12.2 Å². The Morgan fingerprint density at radius 3 is 3.09 bits per heavy atom. The van der Waals surface area contributed by atoms with Crippen molar-refractivity contribution in [1.82, 2.24) is 5.32 Å². The first-order chi connectivity index (χ1) is 5.24. The van der Waals surface area contributed by atoms with E-state index in [4.69, 9.17) is 5.73 Å². The van der Waals surface area contributed by atoms with Crippen LogP contribution < -0.4 is 11.1 Å². The highest BCUT2D eigenvalue weighted by Gasteiger charge is 2.12. The third-order valence-electron chi connectivity index (χ3n) is 2.10. The van der Waals surface area contributed by atoms with Crippen LogP contribution in [0.15, 0.2) is 24.0 Å². The number of piperidine rings is 1. The summed E-state index contributed by atoms with van der Waals surface area (Å²) in [6.45, 7) is 6.93. The van der Waals surface area contributed by atoms with E-state index in [1.54, 1.807) is 6.08 Å². The van der Waals surface area contributed by atoms with Crippen molar-refractivity contribution in [2.24, 2.45) is 11.7 Å². The Balaban J connectivity index is 2.65. The lowest BCUT2D eigenvalue weighted by molar-refractivity contribution is 0.447. The van der Waals surface area contributed by atoms with Crippen molar-refractivity contribution >= 4 is 0 Å². The molecule has 1 unspecified atom stereocenters. The molecule has 1 fully saturated rings. The fourth-order valence-corrected chi connectivity index (χ4v) is 1.34. The third kappa shape index (κ3) is 2.00. The summed E-state index contributed by atoms with van der Waals surface area (Å²) in [6.07, 6.45) is 4.02. The summed E-state index contributed by atoms with van der Waals surface area (Å²) in [4.78, 5) is 0. The summed E-state index contributed by atoms with van der Waals surface area (Å²) in [5.74, 6) is 0.754. The number of rotatable bonds is 1. The maximum absolute atomic E-state index is 5.71. The van der Waals surface area contributed by atoms with E-state index in [-0.39, 0.29) is 0 Å². The van der Waals surface area contributed by atoms with Crippen LogP contribution in [0, 0.1) is 5.92 Å². The van der Waals surface area contributed by atoms with E-state index in [0.29, 0.717) is 0 Å². The Hall–Kier alpha value is -0.920. The second-order valence-electron chi connectivity index (χ2n) is 3.16. The standard InChI is InChI=1S/C9H16N2/c1-3-8(10)9-6-7(2)4-5-11-9/h3,7,11H,1,4-6,10H2,2H3/b9-8+. The Bertz CT molecular complexity index is 182. The second kappa shape index (κ2) is 3.46. The van der Waals surface area contributed by atoms with Gasteiger partial charge >= 0.3 is 0 Å². The van der Waals surface area contributed by atoms with Gasteiger partial charge in [0.05, 0.1) is 5.70 Å². The highest BCUT2D eigenvalue weighted by molar-refractivity contribution is 5.20. The van der Waals surface area contributed by atoms with Crippen molar-refractivity contribution in [3.05, 3.63) is 24.0 Å². The quantitative estimate of drug-likeness (QED) is 0.595. The first kappa shape index (κ1) is 8.18. The molecule has 3 N–H and O–H groups in total. The summed E-state index contributed by atoms with van der Waals surface area (Å²) in [7, 11) is 0. The van der Waals surface area contributed by atoms with E-state index in [2.05, 4.69) is 18.8 Å². The molecule has 1 aliphatic rings. The minimum absolute atomic E-state index is 0.754. The van der Waals surface area contributed by atoms with E-state index in [1.807, 2.05) is 0 Å². The van der Waals surface area contributed by atoms with Gasteiger partial charge in [0.25, 0.3) is 0 Å². The van der Waals surface area contributed by atoms with Gasteiger partial charge in [-0.2, -0.15) is 0 Å². The number of nitrogens with two attached hydrogens (primary N) is 1. The lowest BCUT2D eigenvalue weighted by Crippen LogP contribution is -2.27. The van der Waals surface area contributed by atoms with Gasteiger partial charge in [-0.3, -0.25) is 0 Å². The minimum atomic E-state index is 0.754. The van der Waals surface area contributed by atoms with Crippen LogP contribution in [0.1, 0.15) is 19.8 Å². The zero-order valence-electron chi connectivity index (χ0n) is 7.06. The molecule has 1 atom stereocenters. The maximum Gasteiger partial charge on any atom is 0.0501 e. The van der Waals surface area contributed by atoms with Crippen LogP contribution in [0.5, 0.6) is 0 Å². The van der Waals surface area contributed by atoms with Gasteiger partial charge in [-0.15, -0.1) is 0 Å². The van der Waals surface area contributed by atoms with Crippen LogP contribution in [-0.4, -0.2) is 6.54 Å². The molecule has 0 radical (unpaired) electrons. The average Bonchev–Trinajstić information content (AvgIpc) is 2.03. The van der Waals surface area contributed by atoms with E-state index in [1.165, 1.54) is 12.1 Å². The molecule has 1 aliphatic heterocycles. The lowest BCUT2D eigenvalue weighted by atomic mass is 9.97. The molecule has 62 valence electrons. The van der Waals surface area contributed by atoms with Gasteiger partial charge in [0.1, 0.15) is 0 Å². The molecule has 2 heteroatoms. The Labute approximate surface area is 68.2 Å². The summed E-state index contributed by atoms with van der Waals surface area (Å²) in [6, 6.07) is 0. The Kier molecular flexibility index (Phi) is 2.58. The molecule has 0 aromatic heterocycles. The summed E-state index contributed by atoms with van der Waals surface area (Å²) >= 11 is 0. The molecule has 1 heterocycles. The average molecular weight is 152 g/mol. The van der Waals surface area contributed by atoms with Crippen molar-refractivity contribution in [1.29, 1.82) is 0 Å². The van der Waals surface area contributed by atoms with Crippen molar-refractivity contribution < 1.29 is 0 Å². The molecule has 0 bridgehead atoms. The molecule has 1 rings (SSSR count). The monoisotopic (exact) mass is 152 g/mol. The molecule has 0 aromatic carbocycles. The zero-order chi connectivity index (χ0) is 8.27. The number of allylic oxidation sites excluding steroid dienone is 2. The normalized spacial score (nSPS) is 29.0. The SMILES string of the molecule is C=C/C(N)=C1/CC(C)CCN1. The van der Waals surface area contributed by atoms with Gasteiger partial charge in [0.15, 0.2) is 0 Å². The number of hydrogen-bond acceptors (Lipinski definition) is 2. The van der Waals surface area contributed by atoms with Crippen LogP contribution in [0.3, 0.4) is 0 Å². The summed E-state index contributed by atoms with van der Waals surface area (Å²) < 4.78 is 0. The largest absolute Gasteiger partial charge is 0.397 e. The van der Waals surface area contributed by atoms with Crippen LogP contribution in [0.25, 0.3) is 0 Å². The van der Waals surface area contributed by atoms with Gasteiger partial charge in [-0.25, -0.2) is 0 Å². The fraction of sp³-hybridized carbons (Fsp3) is 0.556. The van der Waals surface area contributed by atoms with Crippen molar-refractivity contribution in [2.75, 3.05) is 6.54 Å². The third-order valence-corrected chi connectivity index (χ3v) is 2.10. The van der Waals surface area contributed by atoms with E-state index in [9.17, 15) is 0 Å². The van der Waals surface area contributed by atoms with Crippen molar-refractivity contribution in [2.45, 2.75) is 19.8 Å². The van der Waals surface area contributed by atoms with Crippen LogP contribution >= 0.6 is 0 Å². The summed E-state index contributed by atoms with van der Waals surface area (Å²) in [5.41, 5.74) is 7.68. The molecule has 2 nitrogen and oxygen atoms in total. The summed E-state index contributed by atoms with van der Waals surface area (Å²) in [5, 5.41) is 3.28. The maximum atomic E-state index is 5.71. The predicted octanol–water partition coefficient (Wildman–Crippen LogP) is 1.36. The lowest BCUT2D eigenvalue weighted by Gasteiger charge is -2.23.